The van der Waals surface area contributed by atoms with Gasteiger partial charge >= 0.3 is 0 Å². The van der Waals surface area contributed by atoms with E-state index in [0.29, 0.717) is 10.6 Å². The van der Waals surface area contributed by atoms with Crippen LogP contribution in [-0.2, 0) is 9.05 Å². The number of halogens is 2. The lowest BCUT2D eigenvalue weighted by Gasteiger charge is -2.00. The summed E-state index contributed by atoms with van der Waals surface area (Å²) in [4.78, 5) is 0.0664. The summed E-state index contributed by atoms with van der Waals surface area (Å²) in [6.07, 6.45) is 0. The highest BCUT2D eigenvalue weighted by Gasteiger charge is 2.12. The van der Waals surface area contributed by atoms with Gasteiger partial charge in [0.1, 0.15) is 0 Å². The molecule has 2 nitrogen and oxygen atoms in total. The van der Waals surface area contributed by atoms with Gasteiger partial charge in [-0.25, -0.2) is 8.42 Å². The Morgan fingerprint density at radius 1 is 1.33 bits per heavy atom. The fourth-order valence-electron chi connectivity index (χ4n) is 0.837. The van der Waals surface area contributed by atoms with Gasteiger partial charge in [-0.1, -0.05) is 17.7 Å². The molecule has 0 radical (unpaired) electrons. The van der Waals surface area contributed by atoms with Crippen LogP contribution in [0.4, 0.5) is 0 Å². The molecular weight excluding hydrogens is 219 g/mol. The van der Waals surface area contributed by atoms with Crippen molar-refractivity contribution in [3.8, 4) is 0 Å². The molecule has 0 saturated heterocycles. The van der Waals surface area contributed by atoms with Crippen LogP contribution in [0.5, 0.6) is 0 Å². The maximum absolute atomic E-state index is 10.9. The van der Waals surface area contributed by atoms with Crippen LogP contribution >= 0.6 is 22.3 Å². The zero-order valence-electron chi connectivity index (χ0n) is 6.21. The lowest BCUT2D eigenvalue weighted by molar-refractivity contribution is 0.609. The molecule has 0 aromatic heterocycles. The Balaban J connectivity index is 3.43. The third-order valence-corrected chi connectivity index (χ3v) is 3.11. The predicted molar refractivity (Wildman–Crippen MR) is 49.2 cm³/mol. The molecule has 0 heterocycles. The van der Waals surface area contributed by atoms with E-state index in [-0.39, 0.29) is 4.90 Å². The molecule has 0 fully saturated rings. The summed E-state index contributed by atoms with van der Waals surface area (Å²) >= 11 is 5.60. The quantitative estimate of drug-likeness (QED) is 0.688. The first kappa shape index (κ1) is 9.84. The Kier molecular flexibility index (Phi) is 2.66. The predicted octanol–water partition coefficient (Wildman–Crippen LogP) is 2.58. The Hall–Kier alpha value is -0.250. The molecule has 5 heteroatoms. The SMILES string of the molecule is Cc1ccc(Cl)cc1S(=O)(=O)Cl. The summed E-state index contributed by atoms with van der Waals surface area (Å²) in [6.45, 7) is 1.66. The molecule has 66 valence electrons. The standard InChI is InChI=1S/C7H6Cl2O2S/c1-5-2-3-6(8)4-7(5)12(9,10)11/h2-4H,1H3. The van der Waals surface area contributed by atoms with Crippen LogP contribution in [-0.4, -0.2) is 8.42 Å². The number of rotatable bonds is 1. The van der Waals surface area contributed by atoms with E-state index in [1.807, 2.05) is 0 Å². The molecule has 12 heavy (non-hydrogen) atoms. The first-order chi connectivity index (χ1) is 5.41. The van der Waals surface area contributed by atoms with E-state index >= 15 is 0 Å². The van der Waals surface area contributed by atoms with Gasteiger partial charge in [0.25, 0.3) is 9.05 Å². The topological polar surface area (TPSA) is 34.1 Å². The number of benzene rings is 1. The molecule has 0 atom stereocenters. The summed E-state index contributed by atoms with van der Waals surface area (Å²) in [5.74, 6) is 0. The van der Waals surface area contributed by atoms with Gasteiger partial charge in [-0.15, -0.1) is 0 Å². The van der Waals surface area contributed by atoms with Crippen molar-refractivity contribution in [3.63, 3.8) is 0 Å². The maximum Gasteiger partial charge on any atom is 0.261 e. The van der Waals surface area contributed by atoms with Crippen molar-refractivity contribution in [2.45, 2.75) is 11.8 Å². The Bertz CT molecular complexity index is 398. The fraction of sp³-hybridized carbons (Fsp3) is 0.143. The van der Waals surface area contributed by atoms with Crippen LogP contribution in [0.3, 0.4) is 0 Å². The zero-order chi connectivity index (χ0) is 9.35. The molecule has 1 aromatic carbocycles. The molecular formula is C7H6Cl2O2S. The monoisotopic (exact) mass is 224 g/mol. The minimum absolute atomic E-state index is 0.0664. The number of aryl methyl sites for hydroxylation is 1. The van der Waals surface area contributed by atoms with Crippen LogP contribution in [0.25, 0.3) is 0 Å². The largest absolute Gasteiger partial charge is 0.261 e. The van der Waals surface area contributed by atoms with Gasteiger partial charge < -0.3 is 0 Å². The third-order valence-electron chi connectivity index (χ3n) is 1.41. The highest BCUT2D eigenvalue weighted by Crippen LogP contribution is 2.22. The molecule has 1 rings (SSSR count). The fourth-order valence-corrected chi connectivity index (χ4v) is 2.29. The first-order valence-electron chi connectivity index (χ1n) is 3.12. The van der Waals surface area contributed by atoms with Crippen molar-refractivity contribution < 1.29 is 8.42 Å². The maximum atomic E-state index is 10.9. The van der Waals surface area contributed by atoms with Crippen molar-refractivity contribution in [2.24, 2.45) is 0 Å². The summed E-state index contributed by atoms with van der Waals surface area (Å²) in [5.41, 5.74) is 0.592. The summed E-state index contributed by atoms with van der Waals surface area (Å²) in [7, 11) is 1.48. The van der Waals surface area contributed by atoms with Crippen LogP contribution in [0.1, 0.15) is 5.56 Å². The van der Waals surface area contributed by atoms with Crippen LogP contribution in [0, 0.1) is 6.92 Å². The summed E-state index contributed by atoms with van der Waals surface area (Å²) < 4.78 is 21.8. The average molecular weight is 225 g/mol. The minimum Gasteiger partial charge on any atom is -0.207 e. The van der Waals surface area contributed by atoms with Gasteiger partial charge in [0.2, 0.25) is 0 Å². The van der Waals surface area contributed by atoms with Gasteiger partial charge in [-0.3, -0.25) is 0 Å². The Morgan fingerprint density at radius 2 is 1.92 bits per heavy atom. The van der Waals surface area contributed by atoms with E-state index < -0.39 is 9.05 Å². The minimum atomic E-state index is -3.67. The van der Waals surface area contributed by atoms with Crippen LogP contribution < -0.4 is 0 Å². The Labute approximate surface area is 80.5 Å². The van der Waals surface area contributed by atoms with Crippen molar-refractivity contribution in [2.75, 3.05) is 0 Å². The van der Waals surface area contributed by atoms with Gasteiger partial charge in [0, 0.05) is 15.7 Å². The second-order valence-corrected chi connectivity index (χ2v) is 5.32. The first-order valence-corrected chi connectivity index (χ1v) is 5.81. The molecule has 0 N–H and O–H groups in total. The second kappa shape index (κ2) is 3.24. The Morgan fingerprint density at radius 3 is 2.33 bits per heavy atom. The van der Waals surface area contributed by atoms with Crippen molar-refractivity contribution in [1.29, 1.82) is 0 Å². The van der Waals surface area contributed by atoms with Crippen LogP contribution in [0.2, 0.25) is 5.02 Å². The smallest absolute Gasteiger partial charge is 0.207 e. The van der Waals surface area contributed by atoms with E-state index in [4.69, 9.17) is 22.3 Å². The molecule has 0 spiro atoms. The molecule has 0 aliphatic carbocycles. The zero-order valence-corrected chi connectivity index (χ0v) is 8.54. The van der Waals surface area contributed by atoms with Gasteiger partial charge in [-0.05, 0) is 24.6 Å². The van der Waals surface area contributed by atoms with Crippen molar-refractivity contribution >= 4 is 31.3 Å². The number of hydrogen-bond donors (Lipinski definition) is 0. The summed E-state index contributed by atoms with van der Waals surface area (Å²) in [6, 6.07) is 4.55. The van der Waals surface area contributed by atoms with Gasteiger partial charge in [0.15, 0.2) is 0 Å². The third kappa shape index (κ3) is 2.12. The highest BCUT2D eigenvalue weighted by molar-refractivity contribution is 8.13. The molecule has 0 saturated carbocycles. The van der Waals surface area contributed by atoms with E-state index in [9.17, 15) is 8.42 Å². The molecule has 0 aliphatic rings. The lowest BCUT2D eigenvalue weighted by atomic mass is 10.2. The molecule has 0 bridgehead atoms. The summed E-state index contributed by atoms with van der Waals surface area (Å²) in [5, 5.41) is 0.361. The van der Waals surface area contributed by atoms with Crippen molar-refractivity contribution in [1.82, 2.24) is 0 Å². The molecule has 0 amide bonds. The highest BCUT2D eigenvalue weighted by atomic mass is 35.7. The molecule has 0 aliphatic heterocycles. The van der Waals surface area contributed by atoms with E-state index in [1.54, 1.807) is 19.1 Å². The van der Waals surface area contributed by atoms with E-state index in [1.165, 1.54) is 6.07 Å². The second-order valence-electron chi connectivity index (χ2n) is 2.35. The van der Waals surface area contributed by atoms with Gasteiger partial charge in [0.05, 0.1) is 4.90 Å². The molecule has 0 unspecified atom stereocenters. The number of hydrogen-bond acceptors (Lipinski definition) is 2. The lowest BCUT2D eigenvalue weighted by Crippen LogP contribution is -1.93. The van der Waals surface area contributed by atoms with E-state index in [2.05, 4.69) is 0 Å². The normalized spacial score (nSPS) is 11.6. The van der Waals surface area contributed by atoms with Crippen LogP contribution in [0.15, 0.2) is 23.1 Å². The van der Waals surface area contributed by atoms with Crippen molar-refractivity contribution in [3.05, 3.63) is 28.8 Å². The molecule has 1 aromatic rings. The average Bonchev–Trinajstić information content (AvgIpc) is 1.92. The van der Waals surface area contributed by atoms with Gasteiger partial charge in [-0.2, -0.15) is 0 Å². The van der Waals surface area contributed by atoms with E-state index in [0.717, 1.165) is 0 Å².